The minimum atomic E-state index is -0.489. The van der Waals surface area contributed by atoms with Gasteiger partial charge in [-0.1, -0.05) is 25.2 Å². The maximum Gasteiger partial charge on any atom is 0.241 e. The molecule has 1 aromatic heterocycles. The van der Waals surface area contributed by atoms with Crippen LogP contribution in [0.5, 0.6) is 0 Å². The van der Waals surface area contributed by atoms with E-state index in [1.807, 2.05) is 32.0 Å². The van der Waals surface area contributed by atoms with Crippen molar-refractivity contribution in [3.63, 3.8) is 0 Å². The van der Waals surface area contributed by atoms with Gasteiger partial charge < -0.3 is 16.0 Å². The van der Waals surface area contributed by atoms with E-state index in [0.717, 1.165) is 34.1 Å². The standard InChI is InChI=1S/C16H22N4OS.2ClH/c1-10(2)14(17)15(21)18-11-5-6-12-13(9-11)22-16(19-12)20-7-3-4-8-20;;/h5-6,9-10,14H,3-4,7-8,17H2,1-2H3,(H,18,21);2*1H. The van der Waals surface area contributed by atoms with Crippen LogP contribution in [0.2, 0.25) is 0 Å². The van der Waals surface area contributed by atoms with Gasteiger partial charge in [-0.15, -0.1) is 24.8 Å². The van der Waals surface area contributed by atoms with Gasteiger partial charge in [-0.2, -0.15) is 0 Å². The molecule has 24 heavy (non-hydrogen) atoms. The molecule has 0 bridgehead atoms. The third kappa shape index (κ3) is 4.51. The van der Waals surface area contributed by atoms with E-state index in [2.05, 4.69) is 15.2 Å². The van der Waals surface area contributed by atoms with E-state index in [1.165, 1.54) is 12.8 Å². The van der Waals surface area contributed by atoms with Gasteiger partial charge in [-0.25, -0.2) is 4.98 Å². The monoisotopic (exact) mass is 390 g/mol. The van der Waals surface area contributed by atoms with Crippen molar-refractivity contribution < 1.29 is 4.79 Å². The Bertz CT molecular complexity index is 686. The van der Waals surface area contributed by atoms with Crippen molar-refractivity contribution in [2.75, 3.05) is 23.3 Å². The fourth-order valence-corrected chi connectivity index (χ4v) is 3.62. The summed E-state index contributed by atoms with van der Waals surface area (Å²) in [5.41, 5.74) is 7.65. The number of halogens is 2. The third-order valence-electron chi connectivity index (χ3n) is 4.04. The Hall–Kier alpha value is -1.08. The molecule has 0 radical (unpaired) electrons. The number of fused-ring (bicyclic) bond motifs is 1. The van der Waals surface area contributed by atoms with Crippen LogP contribution < -0.4 is 16.0 Å². The first kappa shape index (κ1) is 21.0. The van der Waals surface area contributed by atoms with Gasteiger partial charge in [0.05, 0.1) is 16.3 Å². The highest BCUT2D eigenvalue weighted by Crippen LogP contribution is 2.32. The molecule has 0 saturated carbocycles. The van der Waals surface area contributed by atoms with E-state index in [4.69, 9.17) is 5.73 Å². The number of rotatable bonds is 4. The molecule has 1 aromatic carbocycles. The third-order valence-corrected chi connectivity index (χ3v) is 5.12. The average Bonchev–Trinajstić information content (AvgIpc) is 3.14. The van der Waals surface area contributed by atoms with Crippen LogP contribution in [0.15, 0.2) is 18.2 Å². The maximum atomic E-state index is 12.0. The largest absolute Gasteiger partial charge is 0.348 e. The number of carbonyl (C=O) groups is 1. The molecule has 3 rings (SSSR count). The SMILES string of the molecule is CC(C)C(N)C(=O)Nc1ccc2nc(N3CCCC3)sc2c1.Cl.Cl. The van der Waals surface area contributed by atoms with Crippen molar-refractivity contribution in [2.24, 2.45) is 11.7 Å². The number of amides is 1. The van der Waals surface area contributed by atoms with E-state index in [9.17, 15) is 4.79 Å². The topological polar surface area (TPSA) is 71.2 Å². The Balaban J connectivity index is 0.00000144. The lowest BCUT2D eigenvalue weighted by molar-refractivity contribution is -0.118. The molecular weight excluding hydrogens is 367 g/mol. The molecule has 1 unspecified atom stereocenters. The quantitative estimate of drug-likeness (QED) is 0.835. The Morgan fingerprint density at radius 2 is 1.96 bits per heavy atom. The van der Waals surface area contributed by atoms with Crippen molar-refractivity contribution in [3.8, 4) is 0 Å². The fourth-order valence-electron chi connectivity index (χ4n) is 2.56. The number of hydrogen-bond donors (Lipinski definition) is 2. The van der Waals surface area contributed by atoms with Crippen molar-refractivity contribution in [2.45, 2.75) is 32.7 Å². The predicted octanol–water partition coefficient (Wildman–Crippen LogP) is 3.66. The van der Waals surface area contributed by atoms with E-state index in [0.29, 0.717) is 0 Å². The summed E-state index contributed by atoms with van der Waals surface area (Å²) in [5.74, 6) is -0.0208. The molecule has 0 spiro atoms. The van der Waals surface area contributed by atoms with Gasteiger partial charge in [0, 0.05) is 18.8 Å². The number of nitrogens with zero attached hydrogens (tertiary/aromatic N) is 2. The van der Waals surface area contributed by atoms with Gasteiger partial charge in [0.1, 0.15) is 0 Å². The van der Waals surface area contributed by atoms with Crippen LogP contribution in [0.4, 0.5) is 10.8 Å². The van der Waals surface area contributed by atoms with Crippen LogP contribution in [0, 0.1) is 5.92 Å². The lowest BCUT2D eigenvalue weighted by Crippen LogP contribution is -2.39. The van der Waals surface area contributed by atoms with Crippen LogP contribution in [-0.2, 0) is 4.79 Å². The summed E-state index contributed by atoms with van der Waals surface area (Å²) in [7, 11) is 0. The van der Waals surface area contributed by atoms with Crippen LogP contribution in [0.3, 0.4) is 0 Å². The van der Waals surface area contributed by atoms with Gasteiger partial charge >= 0.3 is 0 Å². The second-order valence-corrected chi connectivity index (χ2v) is 7.14. The highest BCUT2D eigenvalue weighted by atomic mass is 35.5. The number of nitrogens with two attached hydrogens (primary N) is 1. The minimum absolute atomic E-state index is 0. The van der Waals surface area contributed by atoms with Gasteiger partial charge in [0.15, 0.2) is 5.13 Å². The first-order chi connectivity index (χ1) is 10.5. The second-order valence-electron chi connectivity index (χ2n) is 6.13. The molecule has 1 fully saturated rings. The highest BCUT2D eigenvalue weighted by molar-refractivity contribution is 7.22. The summed E-state index contributed by atoms with van der Waals surface area (Å²) in [4.78, 5) is 19.1. The lowest BCUT2D eigenvalue weighted by atomic mass is 10.1. The maximum absolute atomic E-state index is 12.0. The fraction of sp³-hybridized carbons (Fsp3) is 0.500. The van der Waals surface area contributed by atoms with Crippen molar-refractivity contribution in [1.82, 2.24) is 4.98 Å². The Morgan fingerprint density at radius 1 is 1.29 bits per heavy atom. The Labute approximate surface area is 158 Å². The van der Waals surface area contributed by atoms with Gasteiger partial charge in [0.25, 0.3) is 0 Å². The molecule has 1 saturated heterocycles. The van der Waals surface area contributed by atoms with Crippen molar-refractivity contribution >= 4 is 63.1 Å². The number of thiazole rings is 1. The molecule has 2 heterocycles. The number of aromatic nitrogens is 1. The molecule has 134 valence electrons. The molecule has 8 heteroatoms. The van der Waals surface area contributed by atoms with Gasteiger partial charge in [-0.05, 0) is 37.0 Å². The zero-order valence-electron chi connectivity index (χ0n) is 13.8. The molecular formula is C16H24Cl2N4OS. The van der Waals surface area contributed by atoms with Crippen LogP contribution in [0.1, 0.15) is 26.7 Å². The molecule has 0 aliphatic carbocycles. The molecule has 5 nitrogen and oxygen atoms in total. The van der Waals surface area contributed by atoms with Gasteiger partial charge in [-0.3, -0.25) is 4.79 Å². The van der Waals surface area contributed by atoms with Gasteiger partial charge in [0.2, 0.25) is 5.91 Å². The Kier molecular flexibility index (Phi) is 7.73. The molecule has 1 aliphatic rings. The van der Waals surface area contributed by atoms with E-state index >= 15 is 0 Å². The number of hydrogen-bond acceptors (Lipinski definition) is 5. The summed E-state index contributed by atoms with van der Waals surface area (Å²) in [6.07, 6.45) is 2.48. The zero-order chi connectivity index (χ0) is 15.7. The van der Waals surface area contributed by atoms with Crippen molar-refractivity contribution in [3.05, 3.63) is 18.2 Å². The summed E-state index contributed by atoms with van der Waals surface area (Å²) < 4.78 is 1.10. The first-order valence-corrected chi connectivity index (χ1v) is 8.58. The molecule has 3 N–H and O–H groups in total. The van der Waals surface area contributed by atoms with Crippen LogP contribution in [-0.4, -0.2) is 30.0 Å². The summed E-state index contributed by atoms with van der Waals surface area (Å²) >= 11 is 1.68. The van der Waals surface area contributed by atoms with E-state index in [1.54, 1.807) is 11.3 Å². The molecule has 1 amide bonds. The number of nitrogens with one attached hydrogen (secondary N) is 1. The number of carbonyl (C=O) groups excluding carboxylic acids is 1. The highest BCUT2D eigenvalue weighted by Gasteiger charge is 2.19. The summed E-state index contributed by atoms with van der Waals surface area (Å²) in [5, 5.41) is 3.97. The smallest absolute Gasteiger partial charge is 0.241 e. The van der Waals surface area contributed by atoms with E-state index < -0.39 is 6.04 Å². The minimum Gasteiger partial charge on any atom is -0.348 e. The Morgan fingerprint density at radius 3 is 2.58 bits per heavy atom. The van der Waals surface area contributed by atoms with Crippen LogP contribution in [0.25, 0.3) is 10.2 Å². The second kappa shape index (κ2) is 8.85. The number of anilines is 2. The normalized spacial score (nSPS) is 15.1. The summed E-state index contributed by atoms with van der Waals surface area (Å²) in [6, 6.07) is 5.34. The van der Waals surface area contributed by atoms with Crippen LogP contribution >= 0.6 is 36.2 Å². The van der Waals surface area contributed by atoms with E-state index in [-0.39, 0.29) is 36.6 Å². The lowest BCUT2D eigenvalue weighted by Gasteiger charge is -2.15. The first-order valence-electron chi connectivity index (χ1n) is 7.76. The molecule has 2 aromatic rings. The van der Waals surface area contributed by atoms with Crippen molar-refractivity contribution in [1.29, 1.82) is 0 Å². The molecule has 1 atom stereocenters. The zero-order valence-corrected chi connectivity index (χ0v) is 16.3. The number of benzene rings is 1. The average molecular weight is 391 g/mol. The molecule has 1 aliphatic heterocycles. The summed E-state index contributed by atoms with van der Waals surface area (Å²) in [6.45, 7) is 6.07. The predicted molar refractivity (Wildman–Crippen MR) is 107 cm³/mol.